The van der Waals surface area contributed by atoms with E-state index in [1.807, 2.05) is 0 Å². The van der Waals surface area contributed by atoms with E-state index in [0.717, 1.165) is 5.69 Å². The minimum atomic E-state index is 0.392. The highest BCUT2D eigenvalue weighted by molar-refractivity contribution is 6.40. The molecule has 0 aliphatic heterocycles. The maximum absolute atomic E-state index is 6.06. The quantitative estimate of drug-likeness (QED) is 0.898. The van der Waals surface area contributed by atoms with E-state index in [2.05, 4.69) is 4.98 Å². The van der Waals surface area contributed by atoms with Crippen molar-refractivity contribution in [3.05, 3.63) is 33.9 Å². The number of nitrogen functional groups attached to an aromatic ring is 1. The average Bonchev–Trinajstić information content (AvgIpc) is 2.23. The highest BCUT2D eigenvalue weighted by Gasteiger charge is 2.10. The molecule has 84 valence electrons. The number of hydrogen-bond donors (Lipinski definition) is 1. The van der Waals surface area contributed by atoms with Gasteiger partial charge < -0.3 is 10.5 Å². The van der Waals surface area contributed by atoms with E-state index in [0.29, 0.717) is 33.2 Å². The molecule has 0 aliphatic carbocycles. The average molecular weight is 257 g/mol. The van der Waals surface area contributed by atoms with Gasteiger partial charge in [-0.1, -0.05) is 23.2 Å². The van der Waals surface area contributed by atoms with E-state index < -0.39 is 0 Å². The smallest absolute Gasteiger partial charge is 0.0928 e. The van der Waals surface area contributed by atoms with Gasteiger partial charge in [0.05, 0.1) is 27.9 Å². The van der Waals surface area contributed by atoms with E-state index >= 15 is 0 Å². The molecule has 0 bridgehead atoms. The molecule has 1 aromatic heterocycles. The SMILES string of the molecule is COCc1cc(N)c2c(Cl)ccc(Cl)c2n1. The first-order chi connectivity index (χ1) is 7.63. The topological polar surface area (TPSA) is 48.1 Å². The van der Waals surface area contributed by atoms with Crippen LogP contribution in [0.1, 0.15) is 5.69 Å². The van der Waals surface area contributed by atoms with Crippen LogP contribution >= 0.6 is 23.2 Å². The summed E-state index contributed by atoms with van der Waals surface area (Å²) in [6.45, 7) is 0.392. The van der Waals surface area contributed by atoms with Gasteiger partial charge in [-0.15, -0.1) is 0 Å². The number of nitrogens with two attached hydrogens (primary N) is 1. The fraction of sp³-hybridized carbons (Fsp3) is 0.182. The van der Waals surface area contributed by atoms with Crippen molar-refractivity contribution in [3.8, 4) is 0 Å². The van der Waals surface area contributed by atoms with E-state index in [9.17, 15) is 0 Å². The molecule has 0 saturated heterocycles. The van der Waals surface area contributed by atoms with Crippen molar-refractivity contribution in [1.82, 2.24) is 4.98 Å². The summed E-state index contributed by atoms with van der Waals surface area (Å²) in [5.41, 5.74) is 7.82. The number of methoxy groups -OCH3 is 1. The Hall–Kier alpha value is -1.03. The lowest BCUT2D eigenvalue weighted by molar-refractivity contribution is 0.182. The summed E-state index contributed by atoms with van der Waals surface area (Å²) in [5, 5.41) is 1.77. The number of pyridine rings is 1. The first-order valence-electron chi connectivity index (χ1n) is 4.65. The van der Waals surface area contributed by atoms with Crippen LogP contribution in [0, 0.1) is 0 Å². The molecule has 0 aliphatic rings. The zero-order valence-corrected chi connectivity index (χ0v) is 10.1. The van der Waals surface area contributed by atoms with Gasteiger partial charge in [0.2, 0.25) is 0 Å². The maximum Gasteiger partial charge on any atom is 0.0928 e. The van der Waals surface area contributed by atoms with Gasteiger partial charge in [0.15, 0.2) is 0 Å². The van der Waals surface area contributed by atoms with Gasteiger partial charge in [0.25, 0.3) is 0 Å². The van der Waals surface area contributed by atoms with Crippen molar-refractivity contribution in [2.45, 2.75) is 6.61 Å². The van der Waals surface area contributed by atoms with Crippen LogP contribution in [0.25, 0.3) is 10.9 Å². The third-order valence-electron chi connectivity index (χ3n) is 2.24. The first kappa shape index (κ1) is 11.5. The number of anilines is 1. The van der Waals surface area contributed by atoms with Gasteiger partial charge in [0, 0.05) is 18.2 Å². The summed E-state index contributed by atoms with van der Waals surface area (Å²) >= 11 is 12.1. The summed E-state index contributed by atoms with van der Waals surface area (Å²) in [7, 11) is 1.60. The molecule has 0 amide bonds. The first-order valence-corrected chi connectivity index (χ1v) is 5.41. The third kappa shape index (κ3) is 1.94. The van der Waals surface area contributed by atoms with Crippen LogP contribution < -0.4 is 5.73 Å². The van der Waals surface area contributed by atoms with Gasteiger partial charge in [-0.2, -0.15) is 0 Å². The molecule has 1 aromatic carbocycles. The van der Waals surface area contributed by atoms with Gasteiger partial charge in [-0.3, -0.25) is 0 Å². The number of benzene rings is 1. The molecule has 0 saturated carbocycles. The Labute approximate surface area is 103 Å². The van der Waals surface area contributed by atoms with E-state index in [4.69, 9.17) is 33.7 Å². The van der Waals surface area contributed by atoms with Crippen LogP contribution in [0.15, 0.2) is 18.2 Å². The molecule has 0 atom stereocenters. The second kappa shape index (κ2) is 4.45. The zero-order valence-electron chi connectivity index (χ0n) is 8.63. The highest BCUT2D eigenvalue weighted by Crippen LogP contribution is 2.32. The Balaban J connectivity index is 2.76. The molecule has 0 radical (unpaired) electrons. The van der Waals surface area contributed by atoms with E-state index in [1.165, 1.54) is 0 Å². The Bertz CT molecular complexity index is 543. The van der Waals surface area contributed by atoms with Crippen molar-refractivity contribution < 1.29 is 4.74 Å². The fourth-order valence-electron chi connectivity index (χ4n) is 1.57. The highest BCUT2D eigenvalue weighted by atomic mass is 35.5. The summed E-state index contributed by atoms with van der Waals surface area (Å²) in [6, 6.07) is 5.16. The predicted molar refractivity (Wildman–Crippen MR) is 66.9 cm³/mol. The number of nitrogens with zero attached hydrogens (tertiary/aromatic N) is 1. The van der Waals surface area contributed by atoms with Crippen LogP contribution in [-0.4, -0.2) is 12.1 Å². The number of fused-ring (bicyclic) bond motifs is 1. The molecule has 2 aromatic rings. The summed E-state index contributed by atoms with van der Waals surface area (Å²) in [4.78, 5) is 4.36. The van der Waals surface area contributed by atoms with Crippen LogP contribution in [0.5, 0.6) is 0 Å². The lowest BCUT2D eigenvalue weighted by Crippen LogP contribution is -1.98. The standard InChI is InChI=1S/C11H10Cl2N2O/c1-16-5-6-4-9(14)10-7(12)2-3-8(13)11(10)15-6/h2-4H,5H2,1H3,(H2,14,15). The van der Waals surface area contributed by atoms with Gasteiger partial charge in [-0.05, 0) is 18.2 Å². The van der Waals surface area contributed by atoms with Crippen molar-refractivity contribution >= 4 is 39.8 Å². The fourth-order valence-corrected chi connectivity index (χ4v) is 2.04. The molecule has 16 heavy (non-hydrogen) atoms. The monoisotopic (exact) mass is 256 g/mol. The Morgan fingerprint density at radius 3 is 2.69 bits per heavy atom. The Kier molecular flexibility index (Phi) is 3.19. The van der Waals surface area contributed by atoms with Gasteiger partial charge >= 0.3 is 0 Å². The van der Waals surface area contributed by atoms with Crippen molar-refractivity contribution in [3.63, 3.8) is 0 Å². The largest absolute Gasteiger partial charge is 0.398 e. The normalized spacial score (nSPS) is 10.9. The van der Waals surface area contributed by atoms with Gasteiger partial charge in [-0.25, -0.2) is 4.98 Å². The van der Waals surface area contributed by atoms with Crippen molar-refractivity contribution in [1.29, 1.82) is 0 Å². The second-order valence-corrected chi connectivity index (χ2v) is 4.20. The lowest BCUT2D eigenvalue weighted by Gasteiger charge is -2.08. The second-order valence-electron chi connectivity index (χ2n) is 3.39. The predicted octanol–water partition coefficient (Wildman–Crippen LogP) is 3.27. The number of halogens is 2. The minimum absolute atomic E-state index is 0.392. The maximum atomic E-state index is 6.06. The molecule has 5 heteroatoms. The molecule has 2 N–H and O–H groups in total. The van der Waals surface area contributed by atoms with Crippen LogP contribution in [0.2, 0.25) is 10.0 Å². The Morgan fingerprint density at radius 1 is 1.31 bits per heavy atom. The van der Waals surface area contributed by atoms with E-state index in [-0.39, 0.29) is 0 Å². The molecule has 0 fully saturated rings. The van der Waals surface area contributed by atoms with Crippen molar-refractivity contribution in [2.75, 3.05) is 12.8 Å². The number of hydrogen-bond acceptors (Lipinski definition) is 3. The summed E-state index contributed by atoms with van der Waals surface area (Å²) < 4.78 is 5.01. The van der Waals surface area contributed by atoms with Crippen molar-refractivity contribution in [2.24, 2.45) is 0 Å². The molecule has 1 heterocycles. The molecule has 0 spiro atoms. The lowest BCUT2D eigenvalue weighted by atomic mass is 10.1. The molecular formula is C11H10Cl2N2O. The third-order valence-corrected chi connectivity index (χ3v) is 2.86. The molecular weight excluding hydrogens is 247 g/mol. The summed E-state index contributed by atoms with van der Waals surface area (Å²) in [6.07, 6.45) is 0. The van der Waals surface area contributed by atoms with Crippen LogP contribution in [0.3, 0.4) is 0 Å². The number of ether oxygens (including phenoxy) is 1. The Morgan fingerprint density at radius 2 is 2.00 bits per heavy atom. The molecule has 3 nitrogen and oxygen atoms in total. The van der Waals surface area contributed by atoms with Crippen LogP contribution in [-0.2, 0) is 11.3 Å². The molecule has 0 unspecified atom stereocenters. The minimum Gasteiger partial charge on any atom is -0.398 e. The number of rotatable bonds is 2. The molecule has 2 rings (SSSR count). The van der Waals surface area contributed by atoms with E-state index in [1.54, 1.807) is 25.3 Å². The van der Waals surface area contributed by atoms with Gasteiger partial charge in [0.1, 0.15) is 0 Å². The summed E-state index contributed by atoms with van der Waals surface area (Å²) in [5.74, 6) is 0. The van der Waals surface area contributed by atoms with Crippen LogP contribution in [0.4, 0.5) is 5.69 Å². The zero-order chi connectivity index (χ0) is 11.7. The number of aromatic nitrogens is 1.